The summed E-state index contributed by atoms with van der Waals surface area (Å²) in [5, 5.41) is 1.29. The molecule has 0 saturated carbocycles. The third-order valence-electron chi connectivity index (χ3n) is 2.20. The van der Waals surface area contributed by atoms with Crippen LogP contribution in [0, 0.1) is 0 Å². The minimum absolute atomic E-state index is 0.882. The normalized spacial score (nSPS) is 13.9. The Balaban J connectivity index is 3.08. The zero-order chi connectivity index (χ0) is 11.3. The van der Waals surface area contributed by atoms with Crippen molar-refractivity contribution in [1.82, 2.24) is 0 Å². The van der Waals surface area contributed by atoms with Gasteiger partial charge in [-0.05, 0) is 0 Å². The molecule has 0 fully saturated rings. The van der Waals surface area contributed by atoms with Gasteiger partial charge in [0.1, 0.15) is 0 Å². The molecule has 15 heavy (non-hydrogen) atoms. The van der Waals surface area contributed by atoms with Crippen molar-refractivity contribution >= 4 is 25.9 Å². The number of hydrogen-bond donors (Lipinski definition) is 0. The fourth-order valence-corrected chi connectivity index (χ4v) is 4.35. The molecule has 1 nitrogen and oxygen atoms in total. The third-order valence-corrected chi connectivity index (χ3v) is 7.97. The quantitative estimate of drug-likeness (QED) is 0.459. The molecule has 1 unspecified atom stereocenters. The van der Waals surface area contributed by atoms with Crippen molar-refractivity contribution in [2.75, 3.05) is 13.3 Å². The van der Waals surface area contributed by atoms with Gasteiger partial charge in [0.15, 0.2) is 0 Å². The third kappa shape index (κ3) is 2.95. The van der Waals surface area contributed by atoms with Crippen LogP contribution < -0.4 is 10.0 Å². The molecule has 0 aliphatic heterocycles. The monoisotopic (exact) mass is 286 g/mol. The van der Waals surface area contributed by atoms with E-state index in [-0.39, 0.29) is 0 Å². The Kier molecular flexibility index (Phi) is 4.60. The zero-order valence-electron chi connectivity index (χ0n) is 8.85. The summed E-state index contributed by atoms with van der Waals surface area (Å²) in [7, 11) is 1.67. The fraction of sp³-hybridized carbons (Fsp3) is 0.167. The molecule has 0 saturated heterocycles. The molecule has 3 heteroatoms. The predicted molar refractivity (Wildman–Crippen MR) is 70.6 cm³/mol. The van der Waals surface area contributed by atoms with Crippen molar-refractivity contribution in [3.8, 4) is 5.75 Å². The van der Waals surface area contributed by atoms with E-state index in [1.165, 1.54) is 5.30 Å². The topological polar surface area (TPSA) is 9.23 Å². The molecule has 1 aromatic carbocycles. The Morgan fingerprint density at radius 2 is 1.93 bits per heavy atom. The molecule has 0 amide bonds. The molecule has 1 aromatic rings. The first kappa shape index (κ1) is 12.5. The second-order valence-corrected chi connectivity index (χ2v) is 10.1. The van der Waals surface area contributed by atoms with Crippen LogP contribution in [-0.2, 0) is 0 Å². The molecular formula is C12H15OPSe. The Hall–Kier alpha value is -0.551. The molecule has 0 aromatic heterocycles. The van der Waals surface area contributed by atoms with Gasteiger partial charge in [-0.1, -0.05) is 0 Å². The molecule has 0 spiro atoms. The van der Waals surface area contributed by atoms with Gasteiger partial charge >= 0.3 is 99.0 Å². The van der Waals surface area contributed by atoms with Gasteiger partial charge in [0.25, 0.3) is 0 Å². The summed E-state index contributed by atoms with van der Waals surface area (Å²) in [4.78, 5) is 0. The average Bonchev–Trinajstić information content (AvgIpc) is 2.29. The zero-order valence-corrected chi connectivity index (χ0v) is 11.5. The van der Waals surface area contributed by atoms with Crippen LogP contribution in [0.25, 0.3) is 0 Å². The maximum atomic E-state index is 5.13. The van der Waals surface area contributed by atoms with E-state index in [2.05, 4.69) is 40.4 Å². The Labute approximate surface area is 99.1 Å². The van der Waals surface area contributed by atoms with E-state index >= 15 is 0 Å². The number of methoxy groups -OCH3 is 1. The van der Waals surface area contributed by atoms with Gasteiger partial charge in [-0.15, -0.1) is 0 Å². The Bertz CT molecular complexity index is 395. The fourth-order valence-electron chi connectivity index (χ4n) is 1.31. The molecule has 0 bridgehead atoms. The predicted octanol–water partition coefficient (Wildman–Crippen LogP) is 2.75. The first-order valence-corrected chi connectivity index (χ1v) is 8.90. The molecule has 0 heterocycles. The maximum absolute atomic E-state index is 5.13. The summed E-state index contributed by atoms with van der Waals surface area (Å²) in [6.07, 6.45) is 2.89. The van der Waals surface area contributed by atoms with Crippen LogP contribution in [-0.4, -0.2) is 28.4 Å². The first-order valence-electron chi connectivity index (χ1n) is 4.64. The van der Waals surface area contributed by atoms with Crippen LogP contribution >= 0.6 is 5.51 Å². The number of benzene rings is 1. The summed E-state index contributed by atoms with van der Waals surface area (Å²) >= 11 is 3.28. The Morgan fingerprint density at radius 1 is 1.33 bits per heavy atom. The summed E-state index contributed by atoms with van der Waals surface area (Å²) in [6.45, 7) is 7.70. The summed E-state index contributed by atoms with van der Waals surface area (Å²) in [6, 6.07) is 8.14. The van der Waals surface area contributed by atoms with Crippen LogP contribution in [0.2, 0.25) is 0 Å². The van der Waals surface area contributed by atoms with Crippen molar-refractivity contribution < 1.29 is 4.74 Å². The molecule has 0 N–H and O–H groups in total. The van der Waals surface area contributed by atoms with Crippen molar-refractivity contribution in [3.05, 3.63) is 49.3 Å². The van der Waals surface area contributed by atoms with Crippen LogP contribution in [0.5, 0.6) is 5.75 Å². The molecule has 80 valence electrons. The standard InChI is InChI=1S/C12H15OPSe/c1-4-10-14(15,5-2)12-8-6-11(13-3)7-9-12/h4-9H,1-2,10H2,3H3. The van der Waals surface area contributed by atoms with Crippen LogP contribution in [0.4, 0.5) is 0 Å². The van der Waals surface area contributed by atoms with Gasteiger partial charge in [-0.25, -0.2) is 0 Å². The van der Waals surface area contributed by atoms with Gasteiger partial charge in [0.05, 0.1) is 0 Å². The SMILES string of the molecule is C=CCP(=[Se])(C=C)c1ccc(OC)cc1. The summed E-state index contributed by atoms with van der Waals surface area (Å²) in [5.74, 6) is 2.91. The summed E-state index contributed by atoms with van der Waals surface area (Å²) in [5.41, 5.74) is -1.37. The van der Waals surface area contributed by atoms with Crippen molar-refractivity contribution in [1.29, 1.82) is 0 Å². The first-order chi connectivity index (χ1) is 7.16. The number of hydrogen-bond acceptors (Lipinski definition) is 1. The van der Waals surface area contributed by atoms with Gasteiger partial charge in [-0.3, -0.25) is 0 Å². The van der Waals surface area contributed by atoms with Crippen LogP contribution in [0.1, 0.15) is 0 Å². The van der Waals surface area contributed by atoms with Crippen molar-refractivity contribution in [3.63, 3.8) is 0 Å². The second-order valence-electron chi connectivity index (χ2n) is 3.15. The van der Waals surface area contributed by atoms with Gasteiger partial charge in [-0.2, -0.15) is 0 Å². The van der Waals surface area contributed by atoms with E-state index in [1.807, 2.05) is 24.0 Å². The second kappa shape index (κ2) is 5.51. The average molecular weight is 285 g/mol. The molecule has 0 aliphatic carbocycles. The van der Waals surface area contributed by atoms with Gasteiger partial charge in [0, 0.05) is 0 Å². The molecule has 1 atom stereocenters. The molecule has 0 aliphatic rings. The van der Waals surface area contributed by atoms with E-state index in [4.69, 9.17) is 4.74 Å². The number of rotatable bonds is 5. The molecule has 1 rings (SSSR count). The van der Waals surface area contributed by atoms with E-state index in [0.29, 0.717) is 0 Å². The van der Waals surface area contributed by atoms with Crippen LogP contribution in [0.3, 0.4) is 0 Å². The van der Waals surface area contributed by atoms with Gasteiger partial charge < -0.3 is 0 Å². The van der Waals surface area contributed by atoms with E-state index in [1.54, 1.807) is 7.11 Å². The van der Waals surface area contributed by atoms with Gasteiger partial charge in [0.2, 0.25) is 0 Å². The van der Waals surface area contributed by atoms with Crippen molar-refractivity contribution in [2.45, 2.75) is 0 Å². The Morgan fingerprint density at radius 3 is 2.33 bits per heavy atom. The summed E-state index contributed by atoms with van der Waals surface area (Å²) < 4.78 is 5.13. The van der Waals surface area contributed by atoms with E-state index in [0.717, 1.165) is 11.9 Å². The van der Waals surface area contributed by atoms with Crippen LogP contribution in [0.15, 0.2) is 49.3 Å². The van der Waals surface area contributed by atoms with Crippen molar-refractivity contribution in [2.24, 2.45) is 0 Å². The van der Waals surface area contributed by atoms with E-state index < -0.39 is 5.51 Å². The number of allylic oxidation sites excluding steroid dienone is 1. The van der Waals surface area contributed by atoms with E-state index in [9.17, 15) is 0 Å². The number of ether oxygens (including phenoxy) is 1. The minimum atomic E-state index is -1.37. The molecular weight excluding hydrogens is 270 g/mol. The molecule has 0 radical (unpaired) electrons.